The molecule has 1 fully saturated rings. The normalized spacial score (nSPS) is 15.1. The van der Waals surface area contributed by atoms with Gasteiger partial charge >= 0.3 is 5.97 Å². The number of aryl methyl sites for hydroxylation is 1. The summed E-state index contributed by atoms with van der Waals surface area (Å²) >= 11 is 0. The third-order valence-electron chi connectivity index (χ3n) is 3.45. The molecular formula is C13H19N3O2. The Labute approximate surface area is 107 Å². The maximum absolute atomic E-state index is 11.5. The Morgan fingerprint density at radius 1 is 1.22 bits per heavy atom. The molecule has 2 rings (SSSR count). The van der Waals surface area contributed by atoms with Crippen LogP contribution in [-0.2, 0) is 12.8 Å². The molecule has 1 saturated heterocycles. The highest BCUT2D eigenvalue weighted by molar-refractivity contribution is 5.95. The predicted octanol–water partition coefficient (Wildman–Crippen LogP) is 1.90. The molecule has 0 atom stereocenters. The van der Waals surface area contributed by atoms with Crippen LogP contribution in [0.2, 0.25) is 0 Å². The number of nitrogens with zero attached hydrogens (tertiary/aromatic N) is 3. The van der Waals surface area contributed by atoms with Gasteiger partial charge in [0, 0.05) is 13.1 Å². The maximum atomic E-state index is 11.5. The Kier molecular flexibility index (Phi) is 3.79. The van der Waals surface area contributed by atoms with E-state index in [2.05, 4.69) is 10.2 Å². The maximum Gasteiger partial charge on any atom is 0.339 e. The summed E-state index contributed by atoms with van der Waals surface area (Å²) in [5, 5.41) is 17.8. The molecule has 0 amide bonds. The largest absolute Gasteiger partial charge is 0.478 e. The lowest BCUT2D eigenvalue weighted by Gasteiger charge is -2.20. The Balaban J connectivity index is 2.55. The van der Waals surface area contributed by atoms with Crippen molar-refractivity contribution in [3.05, 3.63) is 16.8 Å². The molecule has 5 heteroatoms. The number of carboxylic acid groups (broad SMARTS) is 1. The highest BCUT2D eigenvalue weighted by Gasteiger charge is 2.25. The van der Waals surface area contributed by atoms with Crippen LogP contribution in [0.25, 0.3) is 0 Å². The van der Waals surface area contributed by atoms with Crippen molar-refractivity contribution in [1.29, 1.82) is 0 Å². The van der Waals surface area contributed by atoms with Crippen LogP contribution in [0.1, 0.15) is 48.3 Å². The molecule has 0 bridgehead atoms. The third-order valence-corrected chi connectivity index (χ3v) is 3.45. The zero-order valence-electron chi connectivity index (χ0n) is 10.9. The van der Waals surface area contributed by atoms with E-state index in [1.54, 1.807) is 0 Å². The molecule has 1 aliphatic heterocycles. The summed E-state index contributed by atoms with van der Waals surface area (Å²) in [4.78, 5) is 13.6. The molecule has 0 spiro atoms. The minimum Gasteiger partial charge on any atom is -0.478 e. The van der Waals surface area contributed by atoms with Crippen molar-refractivity contribution in [2.45, 2.75) is 39.5 Å². The van der Waals surface area contributed by atoms with Crippen molar-refractivity contribution >= 4 is 11.8 Å². The Hall–Kier alpha value is -1.65. The minimum absolute atomic E-state index is 0.353. The lowest BCUT2D eigenvalue weighted by atomic mass is 10.0. The summed E-state index contributed by atoms with van der Waals surface area (Å²) in [6.07, 6.45) is 3.59. The summed E-state index contributed by atoms with van der Waals surface area (Å²) in [6.45, 7) is 5.70. The molecule has 0 aliphatic carbocycles. The summed E-state index contributed by atoms with van der Waals surface area (Å²) < 4.78 is 0. The van der Waals surface area contributed by atoms with Crippen molar-refractivity contribution in [2.24, 2.45) is 0 Å². The van der Waals surface area contributed by atoms with Crippen LogP contribution in [0.4, 0.5) is 5.82 Å². The molecule has 1 aliphatic rings. The average molecular weight is 249 g/mol. The Morgan fingerprint density at radius 3 is 2.39 bits per heavy atom. The van der Waals surface area contributed by atoms with E-state index in [-0.39, 0.29) is 0 Å². The van der Waals surface area contributed by atoms with Crippen LogP contribution in [0, 0.1) is 0 Å². The first kappa shape index (κ1) is 12.8. The molecule has 0 radical (unpaired) electrons. The molecule has 18 heavy (non-hydrogen) atoms. The fraction of sp³-hybridized carbons (Fsp3) is 0.615. The summed E-state index contributed by atoms with van der Waals surface area (Å²) in [5.41, 5.74) is 1.99. The number of rotatable bonds is 4. The molecule has 0 unspecified atom stereocenters. The van der Waals surface area contributed by atoms with Crippen LogP contribution in [-0.4, -0.2) is 34.4 Å². The topological polar surface area (TPSA) is 66.3 Å². The minimum atomic E-state index is -0.890. The average Bonchev–Trinajstić information content (AvgIpc) is 2.90. The second-order valence-corrected chi connectivity index (χ2v) is 4.53. The second-order valence-electron chi connectivity index (χ2n) is 4.53. The van der Waals surface area contributed by atoms with Gasteiger partial charge in [0.1, 0.15) is 5.56 Å². The van der Waals surface area contributed by atoms with E-state index in [1.165, 1.54) is 0 Å². The van der Waals surface area contributed by atoms with Gasteiger partial charge in [-0.1, -0.05) is 13.8 Å². The Morgan fingerprint density at radius 2 is 1.89 bits per heavy atom. The van der Waals surface area contributed by atoms with Crippen LogP contribution in [0.3, 0.4) is 0 Å². The first-order valence-corrected chi connectivity index (χ1v) is 6.55. The molecular weight excluding hydrogens is 230 g/mol. The van der Waals surface area contributed by atoms with E-state index >= 15 is 0 Å². The predicted molar refractivity (Wildman–Crippen MR) is 69.2 cm³/mol. The van der Waals surface area contributed by atoms with Gasteiger partial charge in [0.25, 0.3) is 0 Å². The number of carboxylic acids is 1. The zero-order valence-corrected chi connectivity index (χ0v) is 10.9. The number of aromatic carboxylic acids is 1. The molecule has 1 aromatic rings. The highest BCUT2D eigenvalue weighted by Crippen LogP contribution is 2.26. The quantitative estimate of drug-likeness (QED) is 0.882. The highest BCUT2D eigenvalue weighted by atomic mass is 16.4. The first-order chi connectivity index (χ1) is 8.69. The molecule has 1 aromatic heterocycles. The van der Waals surface area contributed by atoms with Gasteiger partial charge in [0.15, 0.2) is 5.82 Å². The lowest BCUT2D eigenvalue weighted by molar-refractivity contribution is 0.0695. The number of carbonyl (C=O) groups is 1. The number of hydrogen-bond acceptors (Lipinski definition) is 4. The van der Waals surface area contributed by atoms with Gasteiger partial charge < -0.3 is 10.0 Å². The van der Waals surface area contributed by atoms with Gasteiger partial charge in [-0.2, -0.15) is 5.10 Å². The molecule has 0 saturated carbocycles. The summed E-state index contributed by atoms with van der Waals surface area (Å²) in [7, 11) is 0. The summed E-state index contributed by atoms with van der Waals surface area (Å²) in [6, 6.07) is 0. The van der Waals surface area contributed by atoms with Crippen molar-refractivity contribution < 1.29 is 9.90 Å². The van der Waals surface area contributed by atoms with E-state index in [0.29, 0.717) is 17.8 Å². The SMILES string of the molecule is CCc1nnc(N2CCCC2)c(C(=O)O)c1CC. The standard InChI is InChI=1S/C13H19N3O2/c1-3-9-10(4-2)14-15-12(11(9)13(17)18)16-7-5-6-8-16/h3-8H2,1-2H3,(H,17,18). The van der Waals surface area contributed by atoms with E-state index in [4.69, 9.17) is 0 Å². The van der Waals surface area contributed by atoms with E-state index < -0.39 is 5.97 Å². The van der Waals surface area contributed by atoms with E-state index in [0.717, 1.165) is 43.6 Å². The Bertz CT molecular complexity index is 454. The smallest absolute Gasteiger partial charge is 0.339 e. The second kappa shape index (κ2) is 5.33. The van der Waals surface area contributed by atoms with E-state index in [1.807, 2.05) is 18.7 Å². The van der Waals surface area contributed by atoms with Gasteiger partial charge in [-0.05, 0) is 31.2 Å². The van der Waals surface area contributed by atoms with Crippen LogP contribution in [0.5, 0.6) is 0 Å². The van der Waals surface area contributed by atoms with Crippen molar-refractivity contribution in [1.82, 2.24) is 10.2 Å². The lowest BCUT2D eigenvalue weighted by Crippen LogP contribution is -2.24. The molecule has 2 heterocycles. The van der Waals surface area contributed by atoms with Gasteiger partial charge in [-0.3, -0.25) is 0 Å². The van der Waals surface area contributed by atoms with Crippen LogP contribution in [0.15, 0.2) is 0 Å². The zero-order chi connectivity index (χ0) is 13.1. The van der Waals surface area contributed by atoms with Crippen molar-refractivity contribution in [2.75, 3.05) is 18.0 Å². The molecule has 98 valence electrons. The van der Waals surface area contributed by atoms with Gasteiger partial charge in [0.2, 0.25) is 0 Å². The fourth-order valence-electron chi connectivity index (χ4n) is 2.54. The van der Waals surface area contributed by atoms with Crippen molar-refractivity contribution in [3.63, 3.8) is 0 Å². The van der Waals surface area contributed by atoms with Crippen LogP contribution >= 0.6 is 0 Å². The molecule has 5 nitrogen and oxygen atoms in total. The molecule has 1 N–H and O–H groups in total. The fourth-order valence-corrected chi connectivity index (χ4v) is 2.54. The number of anilines is 1. The summed E-state index contributed by atoms with van der Waals surface area (Å²) in [5.74, 6) is -0.340. The number of hydrogen-bond donors (Lipinski definition) is 1. The van der Waals surface area contributed by atoms with Crippen LogP contribution < -0.4 is 4.90 Å². The van der Waals surface area contributed by atoms with E-state index in [9.17, 15) is 9.90 Å². The van der Waals surface area contributed by atoms with Crippen molar-refractivity contribution in [3.8, 4) is 0 Å². The molecule has 0 aromatic carbocycles. The van der Waals surface area contributed by atoms with Gasteiger partial charge in [0.05, 0.1) is 5.69 Å². The van der Waals surface area contributed by atoms with Gasteiger partial charge in [-0.25, -0.2) is 4.79 Å². The van der Waals surface area contributed by atoms with Gasteiger partial charge in [-0.15, -0.1) is 5.10 Å². The number of aromatic nitrogens is 2. The monoisotopic (exact) mass is 249 g/mol. The first-order valence-electron chi connectivity index (χ1n) is 6.55. The third kappa shape index (κ3) is 2.17.